The average Bonchev–Trinajstić information content (AvgIpc) is 2.68. The second kappa shape index (κ2) is 5.75. The number of aromatic nitrogens is 1. The van der Waals surface area contributed by atoms with Crippen molar-refractivity contribution in [1.29, 1.82) is 0 Å². The molecule has 2 N–H and O–H groups in total. The maximum atomic E-state index is 12.3. The predicted molar refractivity (Wildman–Crippen MR) is 66.3 cm³/mol. The molecule has 0 spiro atoms. The third kappa shape index (κ3) is 2.86. The molecule has 7 heteroatoms. The predicted octanol–water partition coefficient (Wildman–Crippen LogP) is -0.0487. The second-order valence-electron chi connectivity index (χ2n) is 4.08. The lowest BCUT2D eigenvalue weighted by Gasteiger charge is -2.18. The van der Waals surface area contributed by atoms with Crippen LogP contribution in [0.2, 0.25) is 0 Å². The van der Waals surface area contributed by atoms with Crippen LogP contribution in [0.25, 0.3) is 0 Å². The van der Waals surface area contributed by atoms with Gasteiger partial charge in [-0.2, -0.15) is 4.31 Å². The Morgan fingerprint density at radius 1 is 1.33 bits per heavy atom. The first-order valence-electron chi connectivity index (χ1n) is 5.87. The van der Waals surface area contributed by atoms with Crippen molar-refractivity contribution in [3.63, 3.8) is 0 Å². The Balaban J connectivity index is 2.22. The van der Waals surface area contributed by atoms with Gasteiger partial charge in [0.05, 0.1) is 6.61 Å². The highest BCUT2D eigenvalue weighted by Gasteiger charge is 2.26. The molecule has 0 atom stereocenters. The van der Waals surface area contributed by atoms with Crippen molar-refractivity contribution in [2.24, 2.45) is 5.73 Å². The maximum Gasteiger partial charge on any atom is 0.260 e. The molecule has 1 fully saturated rings. The minimum Gasteiger partial charge on any atom is -0.380 e. The van der Waals surface area contributed by atoms with E-state index < -0.39 is 10.0 Å². The molecule has 1 aromatic rings. The highest BCUT2D eigenvalue weighted by Crippen LogP contribution is 2.15. The van der Waals surface area contributed by atoms with Crippen LogP contribution in [0.3, 0.4) is 0 Å². The largest absolute Gasteiger partial charge is 0.380 e. The number of pyridine rings is 1. The average molecular weight is 271 g/mol. The molecule has 0 radical (unpaired) electrons. The number of nitrogens with two attached hydrogens (primary N) is 1. The zero-order valence-electron chi connectivity index (χ0n) is 10.1. The highest BCUT2D eigenvalue weighted by atomic mass is 32.2. The molecule has 0 bridgehead atoms. The van der Waals surface area contributed by atoms with Crippen molar-refractivity contribution < 1.29 is 13.2 Å². The third-order valence-electron chi connectivity index (χ3n) is 2.82. The van der Waals surface area contributed by atoms with E-state index in [0.29, 0.717) is 39.3 Å². The van der Waals surface area contributed by atoms with E-state index >= 15 is 0 Å². The molecule has 6 nitrogen and oxygen atoms in total. The van der Waals surface area contributed by atoms with Gasteiger partial charge in [-0.3, -0.25) is 0 Å². The van der Waals surface area contributed by atoms with Gasteiger partial charge in [-0.05, 0) is 18.1 Å². The molecule has 18 heavy (non-hydrogen) atoms. The summed E-state index contributed by atoms with van der Waals surface area (Å²) in [7, 11) is -3.51. The number of sulfonamides is 1. The van der Waals surface area contributed by atoms with E-state index in [2.05, 4.69) is 4.98 Å². The zero-order chi connectivity index (χ0) is 13.0. The van der Waals surface area contributed by atoms with E-state index in [9.17, 15) is 8.42 Å². The zero-order valence-corrected chi connectivity index (χ0v) is 10.9. The first-order valence-corrected chi connectivity index (χ1v) is 7.31. The summed E-state index contributed by atoms with van der Waals surface area (Å²) in [4.78, 5) is 3.98. The Hall–Kier alpha value is -1.02. The lowest BCUT2D eigenvalue weighted by Crippen LogP contribution is -2.33. The molecule has 2 rings (SSSR count). The van der Waals surface area contributed by atoms with Crippen LogP contribution in [0.1, 0.15) is 12.0 Å². The number of ether oxygens (including phenoxy) is 1. The SMILES string of the molecule is NCc1ccc(S(=O)(=O)N2CCCOCC2)nc1. The van der Waals surface area contributed by atoms with E-state index in [1.165, 1.54) is 16.6 Å². The van der Waals surface area contributed by atoms with Crippen LogP contribution in [0, 0.1) is 0 Å². The van der Waals surface area contributed by atoms with Crippen LogP contribution in [-0.4, -0.2) is 44.0 Å². The molecule has 0 unspecified atom stereocenters. The third-order valence-corrected chi connectivity index (χ3v) is 4.63. The van der Waals surface area contributed by atoms with Gasteiger partial charge in [0.1, 0.15) is 0 Å². The summed E-state index contributed by atoms with van der Waals surface area (Å²) in [5, 5.41) is 0.0709. The standard InChI is InChI=1S/C11H17N3O3S/c12-8-10-2-3-11(13-9-10)18(15,16)14-4-1-6-17-7-5-14/h2-3,9H,1,4-8,12H2. The summed E-state index contributed by atoms with van der Waals surface area (Å²) in [5.41, 5.74) is 6.27. The van der Waals surface area contributed by atoms with Crippen LogP contribution in [-0.2, 0) is 21.3 Å². The van der Waals surface area contributed by atoms with Crippen LogP contribution in [0.15, 0.2) is 23.4 Å². The Morgan fingerprint density at radius 2 is 2.17 bits per heavy atom. The Bertz CT molecular complexity index is 479. The van der Waals surface area contributed by atoms with Crippen LogP contribution >= 0.6 is 0 Å². The van der Waals surface area contributed by atoms with Crippen molar-refractivity contribution in [1.82, 2.24) is 9.29 Å². The molecule has 2 heterocycles. The number of hydrogen-bond acceptors (Lipinski definition) is 5. The first kappa shape index (κ1) is 13.4. The van der Waals surface area contributed by atoms with E-state index in [4.69, 9.17) is 10.5 Å². The normalized spacial score (nSPS) is 18.5. The van der Waals surface area contributed by atoms with Crippen molar-refractivity contribution in [3.05, 3.63) is 23.9 Å². The minimum absolute atomic E-state index is 0.0709. The fourth-order valence-corrected chi connectivity index (χ4v) is 3.15. The van der Waals surface area contributed by atoms with Crippen LogP contribution in [0.5, 0.6) is 0 Å². The smallest absolute Gasteiger partial charge is 0.260 e. The van der Waals surface area contributed by atoms with Crippen molar-refractivity contribution in [2.45, 2.75) is 18.0 Å². The number of hydrogen-bond donors (Lipinski definition) is 1. The fourth-order valence-electron chi connectivity index (χ4n) is 1.78. The fraction of sp³-hybridized carbons (Fsp3) is 0.545. The van der Waals surface area contributed by atoms with E-state index in [-0.39, 0.29) is 5.03 Å². The van der Waals surface area contributed by atoms with Gasteiger partial charge in [0, 0.05) is 32.4 Å². The Morgan fingerprint density at radius 3 is 2.83 bits per heavy atom. The summed E-state index contributed by atoms with van der Waals surface area (Å²) in [6.45, 7) is 2.24. The van der Waals surface area contributed by atoms with Gasteiger partial charge in [0.25, 0.3) is 10.0 Å². The van der Waals surface area contributed by atoms with Crippen molar-refractivity contribution >= 4 is 10.0 Å². The molecule has 0 aromatic carbocycles. The van der Waals surface area contributed by atoms with Crippen molar-refractivity contribution in [2.75, 3.05) is 26.3 Å². The van der Waals surface area contributed by atoms with Gasteiger partial charge >= 0.3 is 0 Å². The van der Waals surface area contributed by atoms with Gasteiger partial charge in [0.15, 0.2) is 5.03 Å². The van der Waals surface area contributed by atoms with Gasteiger partial charge in [-0.15, -0.1) is 0 Å². The number of rotatable bonds is 3. The summed E-state index contributed by atoms with van der Waals surface area (Å²) < 4.78 is 31.3. The highest BCUT2D eigenvalue weighted by molar-refractivity contribution is 7.89. The summed E-state index contributed by atoms with van der Waals surface area (Å²) in [6.07, 6.45) is 2.21. The maximum absolute atomic E-state index is 12.3. The molecule has 100 valence electrons. The van der Waals surface area contributed by atoms with E-state index in [1.54, 1.807) is 6.07 Å². The van der Waals surface area contributed by atoms with Gasteiger partial charge < -0.3 is 10.5 Å². The Kier molecular flexibility index (Phi) is 4.28. The van der Waals surface area contributed by atoms with Crippen LogP contribution in [0.4, 0.5) is 0 Å². The van der Waals surface area contributed by atoms with Gasteiger partial charge in [-0.25, -0.2) is 13.4 Å². The summed E-state index contributed by atoms with van der Waals surface area (Å²) in [6, 6.07) is 3.19. The Labute approximate surface area is 107 Å². The summed E-state index contributed by atoms with van der Waals surface area (Å²) in [5.74, 6) is 0. The molecular formula is C11H17N3O3S. The van der Waals surface area contributed by atoms with Crippen LogP contribution < -0.4 is 5.73 Å². The summed E-state index contributed by atoms with van der Waals surface area (Å²) >= 11 is 0. The molecule has 0 saturated carbocycles. The molecule has 1 saturated heterocycles. The number of nitrogens with zero attached hydrogens (tertiary/aromatic N) is 2. The molecular weight excluding hydrogens is 254 g/mol. The minimum atomic E-state index is -3.51. The second-order valence-corrected chi connectivity index (χ2v) is 5.96. The van der Waals surface area contributed by atoms with E-state index in [0.717, 1.165) is 5.56 Å². The lowest BCUT2D eigenvalue weighted by molar-refractivity contribution is 0.148. The molecule has 1 aliphatic heterocycles. The topological polar surface area (TPSA) is 85.5 Å². The van der Waals surface area contributed by atoms with Gasteiger partial charge in [0.2, 0.25) is 0 Å². The van der Waals surface area contributed by atoms with Crippen molar-refractivity contribution in [3.8, 4) is 0 Å². The monoisotopic (exact) mass is 271 g/mol. The van der Waals surface area contributed by atoms with E-state index in [1.807, 2.05) is 0 Å². The lowest BCUT2D eigenvalue weighted by atomic mass is 10.3. The van der Waals surface area contributed by atoms with Gasteiger partial charge in [-0.1, -0.05) is 6.07 Å². The molecule has 0 amide bonds. The molecule has 1 aliphatic rings. The molecule has 0 aliphatic carbocycles. The first-order chi connectivity index (χ1) is 8.64. The molecule has 1 aromatic heterocycles. The quantitative estimate of drug-likeness (QED) is 0.833.